The fourth-order valence-electron chi connectivity index (χ4n) is 3.93. The van der Waals surface area contributed by atoms with Crippen LogP contribution in [-0.2, 0) is 0 Å². The second kappa shape index (κ2) is 8.06. The van der Waals surface area contributed by atoms with Crippen LogP contribution in [0.2, 0.25) is 0 Å². The van der Waals surface area contributed by atoms with E-state index in [0.717, 1.165) is 31.4 Å². The molecule has 7 nitrogen and oxygen atoms in total. The number of benzene rings is 1. The average molecular weight is 398 g/mol. The second-order valence-electron chi connectivity index (χ2n) is 7.12. The predicted molar refractivity (Wildman–Crippen MR) is 105 cm³/mol. The van der Waals surface area contributed by atoms with Gasteiger partial charge in [0.15, 0.2) is 11.6 Å². The zero-order valence-electron chi connectivity index (χ0n) is 16.4. The molecular formula is C21H23FN4O3. The van der Waals surface area contributed by atoms with Crippen LogP contribution in [0.4, 0.5) is 4.39 Å². The Balaban J connectivity index is 1.88. The minimum Gasteiger partial charge on any atom is -0.494 e. The van der Waals surface area contributed by atoms with Gasteiger partial charge in [-0.3, -0.25) is 9.48 Å². The number of amides is 1. The van der Waals surface area contributed by atoms with Crippen molar-refractivity contribution in [2.24, 2.45) is 0 Å². The molecule has 1 aliphatic carbocycles. The van der Waals surface area contributed by atoms with Crippen molar-refractivity contribution in [1.29, 1.82) is 0 Å². The first-order valence-corrected chi connectivity index (χ1v) is 9.73. The van der Waals surface area contributed by atoms with E-state index < -0.39 is 5.82 Å². The highest BCUT2D eigenvalue weighted by molar-refractivity contribution is 6.01. The third-order valence-corrected chi connectivity index (χ3v) is 5.40. The Labute approximate surface area is 167 Å². The number of aromatic nitrogens is 3. The molecular weight excluding hydrogens is 375 g/mol. The average Bonchev–Trinajstić information content (AvgIpc) is 3.41. The lowest BCUT2D eigenvalue weighted by molar-refractivity contribution is 0.0927. The number of ether oxygens (including phenoxy) is 1. The van der Waals surface area contributed by atoms with Crippen LogP contribution in [0, 0.1) is 5.82 Å². The molecule has 8 heteroatoms. The molecule has 4 rings (SSSR count). The van der Waals surface area contributed by atoms with Gasteiger partial charge in [-0.2, -0.15) is 5.10 Å². The maximum absolute atomic E-state index is 13.9. The highest BCUT2D eigenvalue weighted by Crippen LogP contribution is 2.39. The minimum atomic E-state index is -0.472. The smallest absolute Gasteiger partial charge is 0.290 e. The molecule has 1 saturated carbocycles. The van der Waals surface area contributed by atoms with E-state index in [1.807, 2.05) is 10.7 Å². The van der Waals surface area contributed by atoms with Crippen molar-refractivity contribution in [2.45, 2.75) is 38.1 Å². The quantitative estimate of drug-likeness (QED) is 0.696. The predicted octanol–water partition coefficient (Wildman–Crippen LogP) is 4.22. The lowest BCUT2D eigenvalue weighted by Crippen LogP contribution is -2.19. The standard InChI is InChI=1S/C21H23FN4O3/c1-23-21(27)20-18(16-10-11-24-26(16)14-6-4-3-5-7-14)19(25-29-20)13-8-9-15(22)17(12-13)28-2/h8-12,14H,3-7H2,1-2H3,(H,23,27). The molecule has 1 aliphatic rings. The molecule has 2 heterocycles. The summed E-state index contributed by atoms with van der Waals surface area (Å²) in [4.78, 5) is 12.5. The van der Waals surface area contributed by atoms with Crippen LogP contribution in [0.25, 0.3) is 22.5 Å². The molecule has 3 aromatic rings. The summed E-state index contributed by atoms with van der Waals surface area (Å²) in [5.41, 5.74) is 2.34. The van der Waals surface area contributed by atoms with Crippen molar-refractivity contribution in [1.82, 2.24) is 20.3 Å². The molecule has 0 atom stereocenters. The van der Waals surface area contributed by atoms with E-state index in [4.69, 9.17) is 9.26 Å². The van der Waals surface area contributed by atoms with E-state index in [-0.39, 0.29) is 23.5 Å². The molecule has 0 bridgehead atoms. The van der Waals surface area contributed by atoms with Crippen molar-refractivity contribution in [2.75, 3.05) is 14.2 Å². The van der Waals surface area contributed by atoms with Gasteiger partial charge in [0.05, 0.1) is 24.4 Å². The summed E-state index contributed by atoms with van der Waals surface area (Å²) in [7, 11) is 2.94. The molecule has 0 unspecified atom stereocenters. The van der Waals surface area contributed by atoms with E-state index in [9.17, 15) is 9.18 Å². The van der Waals surface area contributed by atoms with Crippen molar-refractivity contribution in [3.63, 3.8) is 0 Å². The molecule has 1 fully saturated rings. The number of methoxy groups -OCH3 is 1. The maximum atomic E-state index is 13.9. The number of rotatable bonds is 5. The molecule has 0 spiro atoms. The van der Waals surface area contributed by atoms with Crippen LogP contribution in [0.3, 0.4) is 0 Å². The van der Waals surface area contributed by atoms with Crippen LogP contribution < -0.4 is 10.1 Å². The number of hydrogen-bond donors (Lipinski definition) is 1. The Morgan fingerprint density at radius 3 is 2.79 bits per heavy atom. The fraction of sp³-hybridized carbons (Fsp3) is 0.381. The van der Waals surface area contributed by atoms with Crippen molar-refractivity contribution >= 4 is 5.91 Å². The van der Waals surface area contributed by atoms with Crippen LogP contribution in [0.5, 0.6) is 5.75 Å². The summed E-state index contributed by atoms with van der Waals surface area (Å²) >= 11 is 0. The van der Waals surface area contributed by atoms with Crippen LogP contribution in [-0.4, -0.2) is 35.0 Å². The monoisotopic (exact) mass is 398 g/mol. The van der Waals surface area contributed by atoms with E-state index in [1.165, 1.54) is 26.6 Å². The van der Waals surface area contributed by atoms with Gasteiger partial charge >= 0.3 is 0 Å². The molecule has 0 radical (unpaired) electrons. The lowest BCUT2D eigenvalue weighted by Gasteiger charge is -2.24. The molecule has 1 N–H and O–H groups in total. The molecule has 1 aromatic carbocycles. The maximum Gasteiger partial charge on any atom is 0.290 e. The van der Waals surface area contributed by atoms with Gasteiger partial charge in [0.2, 0.25) is 5.76 Å². The summed E-state index contributed by atoms with van der Waals surface area (Å²) in [5.74, 6) is -0.661. The van der Waals surface area contributed by atoms with Gasteiger partial charge in [0.1, 0.15) is 5.69 Å². The molecule has 152 valence electrons. The van der Waals surface area contributed by atoms with Crippen molar-refractivity contribution < 1.29 is 18.4 Å². The van der Waals surface area contributed by atoms with Gasteiger partial charge in [-0.05, 0) is 37.1 Å². The Morgan fingerprint density at radius 1 is 1.28 bits per heavy atom. The zero-order valence-corrected chi connectivity index (χ0v) is 16.4. The third kappa shape index (κ3) is 3.50. The van der Waals surface area contributed by atoms with Crippen molar-refractivity contribution in [3.8, 4) is 28.3 Å². The number of carbonyl (C=O) groups excluding carboxylic acids is 1. The Bertz CT molecular complexity index is 1020. The highest BCUT2D eigenvalue weighted by atomic mass is 19.1. The minimum absolute atomic E-state index is 0.0960. The SMILES string of the molecule is CNC(=O)c1onc(-c2ccc(F)c(OC)c2)c1-c1ccnn1C1CCCCC1. The van der Waals surface area contributed by atoms with E-state index in [0.29, 0.717) is 16.8 Å². The number of halogens is 1. The van der Waals surface area contributed by atoms with E-state index in [2.05, 4.69) is 15.6 Å². The van der Waals surface area contributed by atoms with E-state index >= 15 is 0 Å². The lowest BCUT2D eigenvalue weighted by atomic mass is 9.95. The van der Waals surface area contributed by atoms with Gasteiger partial charge < -0.3 is 14.6 Å². The van der Waals surface area contributed by atoms with E-state index in [1.54, 1.807) is 18.3 Å². The van der Waals surface area contributed by atoms with Gasteiger partial charge in [-0.25, -0.2) is 4.39 Å². The van der Waals surface area contributed by atoms with Crippen LogP contribution in [0.15, 0.2) is 35.0 Å². The van der Waals surface area contributed by atoms with Crippen LogP contribution in [0.1, 0.15) is 48.7 Å². The molecule has 29 heavy (non-hydrogen) atoms. The Kier molecular flexibility index (Phi) is 5.33. The largest absolute Gasteiger partial charge is 0.494 e. The zero-order chi connectivity index (χ0) is 20.4. The third-order valence-electron chi connectivity index (χ3n) is 5.40. The number of carbonyl (C=O) groups is 1. The highest BCUT2D eigenvalue weighted by Gasteiger charge is 2.29. The summed E-state index contributed by atoms with van der Waals surface area (Å²) < 4.78 is 26.4. The summed E-state index contributed by atoms with van der Waals surface area (Å²) in [6.07, 6.45) is 7.32. The number of nitrogens with one attached hydrogen (secondary N) is 1. The first-order chi connectivity index (χ1) is 14.1. The number of hydrogen-bond acceptors (Lipinski definition) is 5. The Morgan fingerprint density at radius 2 is 2.07 bits per heavy atom. The van der Waals surface area contributed by atoms with Gasteiger partial charge in [-0.15, -0.1) is 0 Å². The normalized spacial score (nSPS) is 14.7. The molecule has 0 aliphatic heterocycles. The van der Waals surface area contributed by atoms with Gasteiger partial charge in [0, 0.05) is 18.8 Å². The Hall–Kier alpha value is -3.16. The van der Waals surface area contributed by atoms with Gasteiger partial charge in [-0.1, -0.05) is 24.4 Å². The first kappa shape index (κ1) is 19.2. The molecule has 1 amide bonds. The summed E-state index contributed by atoms with van der Waals surface area (Å²) in [6.45, 7) is 0. The molecule has 0 saturated heterocycles. The first-order valence-electron chi connectivity index (χ1n) is 9.73. The topological polar surface area (TPSA) is 82.2 Å². The fourth-order valence-corrected chi connectivity index (χ4v) is 3.93. The summed E-state index contributed by atoms with van der Waals surface area (Å²) in [5, 5.41) is 11.3. The second-order valence-corrected chi connectivity index (χ2v) is 7.12. The van der Waals surface area contributed by atoms with Crippen molar-refractivity contribution in [3.05, 3.63) is 42.0 Å². The number of nitrogens with zero attached hydrogens (tertiary/aromatic N) is 3. The van der Waals surface area contributed by atoms with Gasteiger partial charge in [0.25, 0.3) is 5.91 Å². The molecule has 2 aromatic heterocycles. The van der Waals surface area contributed by atoms with Crippen LogP contribution >= 0.6 is 0 Å². The summed E-state index contributed by atoms with van der Waals surface area (Å²) in [6, 6.07) is 6.57.